The highest BCUT2D eigenvalue weighted by atomic mass is 16.6. The van der Waals surface area contributed by atoms with Crippen LogP contribution in [0.4, 0.5) is 11.4 Å². The van der Waals surface area contributed by atoms with E-state index in [2.05, 4.69) is 43.4 Å². The molecule has 0 spiro atoms. The monoisotopic (exact) mass is 386 g/mol. The molecule has 5 nitrogen and oxygen atoms in total. The Bertz CT molecular complexity index is 1060. The molecule has 0 heterocycles. The van der Waals surface area contributed by atoms with E-state index in [4.69, 9.17) is 0 Å². The molecule has 1 atom stereocenters. The van der Waals surface area contributed by atoms with Gasteiger partial charge in [0.05, 0.1) is 10.8 Å². The summed E-state index contributed by atoms with van der Waals surface area (Å²) in [6, 6.07) is 22.4. The normalized spacial score (nSPS) is 16.8. The highest BCUT2D eigenvalue weighted by Gasteiger charge is 2.61. The molecular weight excluding hydrogens is 364 g/mol. The Balaban J connectivity index is 1.70. The molecule has 1 saturated carbocycles. The van der Waals surface area contributed by atoms with Crippen LogP contribution in [-0.2, 0) is 10.2 Å². The molecule has 1 aliphatic carbocycles. The Hall–Kier alpha value is -3.47. The molecule has 146 valence electrons. The Morgan fingerprint density at radius 3 is 2.10 bits per heavy atom. The van der Waals surface area contributed by atoms with Crippen LogP contribution < -0.4 is 5.32 Å². The number of non-ortho nitro benzene ring substituents is 1. The van der Waals surface area contributed by atoms with E-state index in [1.54, 1.807) is 12.1 Å². The van der Waals surface area contributed by atoms with Crippen molar-refractivity contribution in [2.45, 2.75) is 25.7 Å². The number of nitrogens with zero attached hydrogens (tertiary/aromatic N) is 1. The van der Waals surface area contributed by atoms with Gasteiger partial charge in [-0.3, -0.25) is 14.9 Å². The fourth-order valence-electron chi connectivity index (χ4n) is 4.39. The summed E-state index contributed by atoms with van der Waals surface area (Å²) in [5.74, 6) is -0.346. The number of carbonyl (C=O) groups is 1. The van der Waals surface area contributed by atoms with E-state index >= 15 is 0 Å². The Kier molecular flexibility index (Phi) is 4.66. The number of nitro groups is 1. The van der Waals surface area contributed by atoms with Crippen LogP contribution in [0.25, 0.3) is 0 Å². The lowest BCUT2D eigenvalue weighted by molar-refractivity contribution is -0.384. The Morgan fingerprint density at radius 1 is 0.966 bits per heavy atom. The van der Waals surface area contributed by atoms with Crippen molar-refractivity contribution >= 4 is 17.3 Å². The van der Waals surface area contributed by atoms with Crippen molar-refractivity contribution in [1.29, 1.82) is 0 Å². The van der Waals surface area contributed by atoms with Gasteiger partial charge in [-0.15, -0.1) is 0 Å². The van der Waals surface area contributed by atoms with Crippen LogP contribution in [-0.4, -0.2) is 10.8 Å². The maximum Gasteiger partial charge on any atom is 0.271 e. The summed E-state index contributed by atoms with van der Waals surface area (Å²) >= 11 is 0. The summed E-state index contributed by atoms with van der Waals surface area (Å²) in [5, 5.41) is 13.9. The number of hydrogen-bond donors (Lipinski definition) is 1. The highest BCUT2D eigenvalue weighted by Crippen LogP contribution is 2.60. The second-order valence-corrected chi connectivity index (χ2v) is 7.65. The maximum absolute atomic E-state index is 13.2. The number of hydrogen-bond acceptors (Lipinski definition) is 3. The van der Waals surface area contributed by atoms with Crippen LogP contribution in [0, 0.1) is 29.9 Å². The van der Waals surface area contributed by atoms with Gasteiger partial charge >= 0.3 is 0 Å². The zero-order valence-electron chi connectivity index (χ0n) is 16.4. The largest absolute Gasteiger partial charge is 0.326 e. The molecule has 1 amide bonds. The summed E-state index contributed by atoms with van der Waals surface area (Å²) in [5.41, 5.74) is 4.66. The Labute approximate surface area is 169 Å². The average Bonchev–Trinajstić information content (AvgIpc) is 3.45. The number of nitrogens with one attached hydrogen (secondary N) is 1. The number of rotatable bonds is 5. The molecule has 0 saturated heterocycles. The van der Waals surface area contributed by atoms with Crippen molar-refractivity contribution < 1.29 is 9.72 Å². The molecule has 0 radical (unpaired) electrons. The minimum atomic E-state index is -0.461. The molecule has 0 aliphatic heterocycles. The van der Waals surface area contributed by atoms with Crippen molar-refractivity contribution in [3.8, 4) is 0 Å². The van der Waals surface area contributed by atoms with E-state index in [-0.39, 0.29) is 22.9 Å². The smallest absolute Gasteiger partial charge is 0.271 e. The zero-order chi connectivity index (χ0) is 20.6. The van der Waals surface area contributed by atoms with Crippen LogP contribution in [0.5, 0.6) is 0 Å². The third-order valence-electron chi connectivity index (χ3n) is 5.85. The number of carbonyl (C=O) groups excluding carboxylic acids is 1. The van der Waals surface area contributed by atoms with Gasteiger partial charge in [0.25, 0.3) is 5.69 Å². The molecular formula is C24H22N2O3. The molecule has 1 fully saturated rings. The van der Waals surface area contributed by atoms with Gasteiger partial charge in [-0.25, -0.2) is 0 Å². The second-order valence-electron chi connectivity index (χ2n) is 7.65. The van der Waals surface area contributed by atoms with Crippen LogP contribution in [0.3, 0.4) is 0 Å². The topological polar surface area (TPSA) is 72.2 Å². The summed E-state index contributed by atoms with van der Waals surface area (Å²) < 4.78 is 0. The van der Waals surface area contributed by atoms with Gasteiger partial charge < -0.3 is 5.32 Å². The molecule has 0 aromatic heterocycles. The first kappa shape index (κ1) is 18.9. The third-order valence-corrected chi connectivity index (χ3v) is 5.85. The molecule has 3 aromatic rings. The lowest BCUT2D eigenvalue weighted by Gasteiger charge is -2.23. The summed E-state index contributed by atoms with van der Waals surface area (Å²) in [7, 11) is 0. The van der Waals surface area contributed by atoms with Crippen LogP contribution in [0.2, 0.25) is 0 Å². The van der Waals surface area contributed by atoms with E-state index in [1.165, 1.54) is 12.1 Å². The SMILES string of the molecule is Cc1ccccc1C1(c2ccccc2C)C[C@H]1C(=O)Nc1cccc([N+](=O)[O-])c1. The van der Waals surface area contributed by atoms with E-state index in [0.717, 1.165) is 22.3 Å². The second kappa shape index (κ2) is 7.17. The van der Waals surface area contributed by atoms with Gasteiger partial charge in [0.2, 0.25) is 5.91 Å². The first-order valence-corrected chi connectivity index (χ1v) is 9.61. The first-order valence-electron chi connectivity index (χ1n) is 9.61. The first-order chi connectivity index (χ1) is 13.9. The molecule has 4 rings (SSSR count). The van der Waals surface area contributed by atoms with Crippen LogP contribution >= 0.6 is 0 Å². The lowest BCUT2D eigenvalue weighted by Crippen LogP contribution is -2.23. The predicted molar refractivity (Wildman–Crippen MR) is 113 cm³/mol. The number of benzene rings is 3. The molecule has 29 heavy (non-hydrogen) atoms. The van der Waals surface area contributed by atoms with Crippen LogP contribution in [0.1, 0.15) is 28.7 Å². The molecule has 3 aromatic carbocycles. The van der Waals surface area contributed by atoms with Gasteiger partial charge in [0, 0.05) is 23.2 Å². The van der Waals surface area contributed by atoms with Gasteiger partial charge in [0.15, 0.2) is 0 Å². The molecule has 0 bridgehead atoms. The van der Waals surface area contributed by atoms with E-state index in [9.17, 15) is 14.9 Å². The standard InChI is InChI=1S/C24H22N2O3/c1-16-8-3-5-12-20(16)24(21-13-6-4-9-17(21)2)15-22(24)23(27)25-18-10-7-11-19(14-18)26(28)29/h3-14,22H,15H2,1-2H3,(H,25,27)/t22-/m0/s1. The van der Waals surface area contributed by atoms with E-state index in [1.807, 2.05) is 24.3 Å². The third kappa shape index (κ3) is 3.29. The van der Waals surface area contributed by atoms with E-state index < -0.39 is 4.92 Å². The number of anilines is 1. The summed E-state index contributed by atoms with van der Waals surface area (Å²) in [6.45, 7) is 4.15. The van der Waals surface area contributed by atoms with Crippen LogP contribution in [0.15, 0.2) is 72.8 Å². The summed E-state index contributed by atoms with van der Waals surface area (Å²) in [4.78, 5) is 23.7. The molecule has 5 heteroatoms. The molecule has 1 aliphatic rings. The van der Waals surface area contributed by atoms with Gasteiger partial charge in [-0.2, -0.15) is 0 Å². The maximum atomic E-state index is 13.2. The minimum absolute atomic E-state index is 0.0392. The van der Waals surface area contributed by atoms with Crippen molar-refractivity contribution in [2.75, 3.05) is 5.32 Å². The average molecular weight is 386 g/mol. The highest BCUT2D eigenvalue weighted by molar-refractivity contribution is 5.97. The zero-order valence-corrected chi connectivity index (χ0v) is 16.4. The fraction of sp³-hybridized carbons (Fsp3) is 0.208. The number of aryl methyl sites for hydroxylation is 2. The van der Waals surface area contributed by atoms with Crippen molar-refractivity contribution in [2.24, 2.45) is 5.92 Å². The van der Waals surface area contributed by atoms with E-state index in [0.29, 0.717) is 12.1 Å². The van der Waals surface area contributed by atoms with Gasteiger partial charge in [-0.1, -0.05) is 54.6 Å². The molecule has 0 unspecified atom stereocenters. The summed E-state index contributed by atoms with van der Waals surface area (Å²) in [6.07, 6.45) is 0.712. The van der Waals surface area contributed by atoms with Crippen molar-refractivity contribution in [1.82, 2.24) is 0 Å². The molecule has 1 N–H and O–H groups in total. The Morgan fingerprint density at radius 2 is 1.55 bits per heavy atom. The lowest BCUT2D eigenvalue weighted by atomic mass is 9.81. The predicted octanol–water partition coefficient (Wildman–Crippen LogP) is 5.16. The quantitative estimate of drug-likeness (QED) is 0.486. The minimum Gasteiger partial charge on any atom is -0.326 e. The fourth-order valence-corrected chi connectivity index (χ4v) is 4.39. The van der Waals surface area contributed by atoms with Crippen molar-refractivity contribution in [3.63, 3.8) is 0 Å². The number of amides is 1. The van der Waals surface area contributed by atoms with Gasteiger partial charge in [0.1, 0.15) is 0 Å². The number of nitro benzene ring substituents is 1. The van der Waals surface area contributed by atoms with Gasteiger partial charge in [-0.05, 0) is 48.6 Å². The van der Waals surface area contributed by atoms with Crippen molar-refractivity contribution in [3.05, 3.63) is 105 Å².